The van der Waals surface area contributed by atoms with Gasteiger partial charge in [-0.3, -0.25) is 14.4 Å². The number of anilines is 1. The van der Waals surface area contributed by atoms with Gasteiger partial charge in [0.15, 0.2) is 0 Å². The third-order valence-electron chi connectivity index (χ3n) is 6.78. The molecule has 1 spiro atoms. The summed E-state index contributed by atoms with van der Waals surface area (Å²) in [6.07, 6.45) is 3.76. The van der Waals surface area contributed by atoms with Gasteiger partial charge in [0.25, 0.3) is 5.91 Å². The Balaban J connectivity index is 1.38. The Hall–Kier alpha value is -2.61. The van der Waals surface area contributed by atoms with Crippen molar-refractivity contribution >= 4 is 23.4 Å². The summed E-state index contributed by atoms with van der Waals surface area (Å²) in [7, 11) is 0. The Labute approximate surface area is 183 Å². The van der Waals surface area contributed by atoms with E-state index >= 15 is 0 Å². The number of nitrogens with zero attached hydrogens (tertiary/aromatic N) is 2. The van der Waals surface area contributed by atoms with E-state index < -0.39 is 11.7 Å². The summed E-state index contributed by atoms with van der Waals surface area (Å²) in [5.74, 6) is -0.294. The van der Waals surface area contributed by atoms with Gasteiger partial charge in [-0.05, 0) is 63.9 Å². The number of hydrogen-bond donors (Lipinski definition) is 3. The SMILES string of the molecule is Cc1ccc2c(c1)N[C@@]1(CCC(=O)N([C@H](C)C(=O)NCCN3CCCC3)CC1)NC2=O. The number of hydrogen-bond acceptors (Lipinski definition) is 5. The fourth-order valence-corrected chi connectivity index (χ4v) is 4.85. The van der Waals surface area contributed by atoms with Gasteiger partial charge in [0.2, 0.25) is 11.8 Å². The minimum atomic E-state index is -0.672. The maximum absolute atomic E-state index is 12.8. The zero-order valence-electron chi connectivity index (χ0n) is 18.5. The second-order valence-corrected chi connectivity index (χ2v) is 9.06. The first-order valence-corrected chi connectivity index (χ1v) is 11.4. The highest BCUT2D eigenvalue weighted by Gasteiger charge is 2.41. The minimum absolute atomic E-state index is 0.0508. The summed E-state index contributed by atoms with van der Waals surface area (Å²) >= 11 is 0. The Morgan fingerprint density at radius 1 is 1.16 bits per heavy atom. The number of likely N-dealkylation sites (tertiary alicyclic amines) is 2. The number of nitrogens with one attached hydrogen (secondary N) is 3. The molecule has 3 heterocycles. The lowest BCUT2D eigenvalue weighted by molar-refractivity contribution is -0.139. The van der Waals surface area contributed by atoms with Crippen LogP contribution in [0.2, 0.25) is 0 Å². The van der Waals surface area contributed by atoms with Crippen LogP contribution in [0.5, 0.6) is 0 Å². The van der Waals surface area contributed by atoms with Crippen molar-refractivity contribution in [2.24, 2.45) is 0 Å². The second-order valence-electron chi connectivity index (χ2n) is 9.06. The van der Waals surface area contributed by atoms with E-state index in [4.69, 9.17) is 0 Å². The molecular weight excluding hydrogens is 394 g/mol. The highest BCUT2D eigenvalue weighted by atomic mass is 16.2. The number of benzene rings is 1. The number of rotatable bonds is 5. The predicted molar refractivity (Wildman–Crippen MR) is 119 cm³/mol. The van der Waals surface area contributed by atoms with Gasteiger partial charge in [0.05, 0.1) is 5.56 Å². The molecule has 31 heavy (non-hydrogen) atoms. The molecule has 0 aliphatic carbocycles. The largest absolute Gasteiger partial charge is 0.362 e. The highest BCUT2D eigenvalue weighted by molar-refractivity contribution is 6.02. The third kappa shape index (κ3) is 4.69. The molecular formula is C23H33N5O3. The standard InChI is InChI=1S/C23H33N5O3/c1-16-5-6-18-19(15-16)25-23(26-22(18)31)8-7-20(29)28(13-9-23)17(2)21(30)24-10-14-27-11-3-4-12-27/h5-6,15,17,25H,3-4,7-14H2,1-2H3,(H,24,30)(H,26,31)/t17-,23+/m1/s1. The zero-order chi connectivity index (χ0) is 22.0. The van der Waals surface area contributed by atoms with Crippen LogP contribution >= 0.6 is 0 Å². The van der Waals surface area contributed by atoms with E-state index in [1.165, 1.54) is 12.8 Å². The Morgan fingerprint density at radius 3 is 2.71 bits per heavy atom. The van der Waals surface area contributed by atoms with Crippen molar-refractivity contribution in [1.82, 2.24) is 20.4 Å². The quantitative estimate of drug-likeness (QED) is 0.662. The van der Waals surface area contributed by atoms with Gasteiger partial charge in [-0.2, -0.15) is 0 Å². The van der Waals surface area contributed by atoms with Gasteiger partial charge in [-0.15, -0.1) is 0 Å². The summed E-state index contributed by atoms with van der Waals surface area (Å²) in [4.78, 5) is 42.2. The van der Waals surface area contributed by atoms with Crippen LogP contribution in [0.25, 0.3) is 0 Å². The molecule has 168 valence electrons. The van der Waals surface area contributed by atoms with Crippen LogP contribution < -0.4 is 16.0 Å². The first kappa shape index (κ1) is 21.6. The molecule has 3 aliphatic heterocycles. The number of carbonyl (C=O) groups is 3. The molecule has 8 nitrogen and oxygen atoms in total. The minimum Gasteiger partial charge on any atom is -0.362 e. The number of amides is 3. The molecule has 3 N–H and O–H groups in total. The first-order chi connectivity index (χ1) is 14.9. The van der Waals surface area contributed by atoms with Crippen LogP contribution in [0.4, 0.5) is 5.69 Å². The number of aryl methyl sites for hydroxylation is 1. The first-order valence-electron chi connectivity index (χ1n) is 11.4. The van der Waals surface area contributed by atoms with Crippen molar-refractivity contribution in [3.8, 4) is 0 Å². The lowest BCUT2D eigenvalue weighted by Gasteiger charge is -2.40. The summed E-state index contributed by atoms with van der Waals surface area (Å²) in [5, 5.41) is 9.55. The Morgan fingerprint density at radius 2 is 1.94 bits per heavy atom. The van der Waals surface area contributed by atoms with E-state index in [0.29, 0.717) is 31.5 Å². The molecule has 8 heteroatoms. The van der Waals surface area contributed by atoms with Crippen LogP contribution in [0.1, 0.15) is 54.9 Å². The molecule has 3 amide bonds. The zero-order valence-corrected chi connectivity index (χ0v) is 18.5. The topological polar surface area (TPSA) is 93.8 Å². The molecule has 2 fully saturated rings. The fraction of sp³-hybridized carbons (Fsp3) is 0.609. The maximum Gasteiger partial charge on any atom is 0.255 e. The van der Waals surface area contributed by atoms with E-state index in [2.05, 4.69) is 20.9 Å². The summed E-state index contributed by atoms with van der Waals surface area (Å²) in [6.45, 7) is 7.83. The number of fused-ring (bicyclic) bond motifs is 1. The molecule has 4 rings (SSSR count). The Kier molecular flexibility index (Phi) is 6.18. The van der Waals surface area contributed by atoms with Crippen LogP contribution in [-0.2, 0) is 9.59 Å². The molecule has 1 aromatic rings. The van der Waals surface area contributed by atoms with Gasteiger partial charge >= 0.3 is 0 Å². The highest BCUT2D eigenvalue weighted by Crippen LogP contribution is 2.32. The summed E-state index contributed by atoms with van der Waals surface area (Å²) in [6, 6.07) is 5.18. The van der Waals surface area contributed by atoms with Gasteiger partial charge in [-0.25, -0.2) is 0 Å². The van der Waals surface area contributed by atoms with Crippen LogP contribution in [-0.4, -0.2) is 71.9 Å². The van der Waals surface area contributed by atoms with E-state index in [9.17, 15) is 14.4 Å². The van der Waals surface area contributed by atoms with E-state index in [1.807, 2.05) is 25.1 Å². The fourth-order valence-electron chi connectivity index (χ4n) is 4.85. The molecule has 2 saturated heterocycles. The molecule has 3 aliphatic rings. The molecule has 0 unspecified atom stereocenters. The van der Waals surface area contributed by atoms with Gasteiger partial charge in [0.1, 0.15) is 11.7 Å². The smallest absolute Gasteiger partial charge is 0.255 e. The monoisotopic (exact) mass is 427 g/mol. The maximum atomic E-state index is 12.8. The summed E-state index contributed by atoms with van der Waals surface area (Å²) in [5.41, 5.74) is 1.82. The average molecular weight is 428 g/mol. The molecule has 0 saturated carbocycles. The van der Waals surface area contributed by atoms with Gasteiger partial charge in [0, 0.05) is 38.2 Å². The third-order valence-corrected chi connectivity index (χ3v) is 6.78. The molecule has 2 atom stereocenters. The second kappa shape index (κ2) is 8.86. The number of carbonyl (C=O) groups excluding carboxylic acids is 3. The van der Waals surface area contributed by atoms with Gasteiger partial charge < -0.3 is 25.8 Å². The molecule has 0 aromatic heterocycles. The molecule has 0 bridgehead atoms. The molecule has 1 aromatic carbocycles. The van der Waals surface area contributed by atoms with Crippen molar-refractivity contribution in [2.75, 3.05) is 38.0 Å². The van der Waals surface area contributed by atoms with Crippen LogP contribution in [0.15, 0.2) is 18.2 Å². The lowest BCUT2D eigenvalue weighted by Crippen LogP contribution is -2.58. The van der Waals surface area contributed by atoms with Crippen LogP contribution in [0, 0.1) is 6.92 Å². The average Bonchev–Trinajstić information content (AvgIpc) is 3.20. The normalized spacial score (nSPS) is 24.9. The van der Waals surface area contributed by atoms with E-state index in [1.54, 1.807) is 11.8 Å². The van der Waals surface area contributed by atoms with Crippen molar-refractivity contribution < 1.29 is 14.4 Å². The Bertz CT molecular complexity index is 867. The lowest BCUT2D eigenvalue weighted by atomic mass is 9.94. The van der Waals surface area contributed by atoms with Crippen molar-refractivity contribution in [3.05, 3.63) is 29.3 Å². The van der Waals surface area contributed by atoms with Crippen molar-refractivity contribution in [3.63, 3.8) is 0 Å². The predicted octanol–water partition coefficient (Wildman–Crippen LogP) is 1.46. The summed E-state index contributed by atoms with van der Waals surface area (Å²) < 4.78 is 0. The van der Waals surface area contributed by atoms with Gasteiger partial charge in [-0.1, -0.05) is 6.07 Å². The van der Waals surface area contributed by atoms with E-state index in [0.717, 1.165) is 30.9 Å². The van der Waals surface area contributed by atoms with Crippen molar-refractivity contribution in [2.45, 2.75) is 57.7 Å². The van der Waals surface area contributed by atoms with E-state index in [-0.39, 0.29) is 24.1 Å². The van der Waals surface area contributed by atoms with Crippen molar-refractivity contribution in [1.29, 1.82) is 0 Å². The van der Waals surface area contributed by atoms with Crippen LogP contribution in [0.3, 0.4) is 0 Å². The molecule has 0 radical (unpaired) electrons.